The Balaban J connectivity index is 2.55. The summed E-state index contributed by atoms with van der Waals surface area (Å²) >= 11 is 0. The zero-order chi connectivity index (χ0) is 9.30. The van der Waals surface area contributed by atoms with Crippen LogP contribution in [0.3, 0.4) is 0 Å². The second kappa shape index (κ2) is 3.76. The van der Waals surface area contributed by atoms with Gasteiger partial charge >= 0.3 is 0 Å². The fourth-order valence-electron chi connectivity index (χ4n) is 2.56. The third kappa shape index (κ3) is 1.99. The van der Waals surface area contributed by atoms with Crippen molar-refractivity contribution in [3.8, 4) is 0 Å². The van der Waals surface area contributed by atoms with E-state index in [1.54, 1.807) is 0 Å². The Labute approximate surface area is 75.5 Å². The molecule has 0 aromatic heterocycles. The average molecular weight is 172 g/mol. The van der Waals surface area contributed by atoms with Gasteiger partial charge in [-0.15, -0.1) is 0 Å². The number of hydrogen-bond donors (Lipinski definition) is 0. The Morgan fingerprint density at radius 3 is 2.17 bits per heavy atom. The molecule has 2 unspecified atom stereocenters. The first-order chi connectivity index (χ1) is 5.52. The van der Waals surface area contributed by atoms with E-state index in [2.05, 4.69) is 20.8 Å². The van der Waals surface area contributed by atoms with E-state index in [1.807, 2.05) is 6.92 Å². The van der Waals surface area contributed by atoms with Gasteiger partial charge in [0, 0.05) is 0 Å². The predicted octanol–water partition coefficient (Wildman–Crippen LogP) is 3.66. The molecule has 0 spiro atoms. The fourth-order valence-corrected chi connectivity index (χ4v) is 2.56. The highest BCUT2D eigenvalue weighted by atomic mass is 19.1. The quantitative estimate of drug-likeness (QED) is 0.566. The van der Waals surface area contributed by atoms with E-state index in [9.17, 15) is 4.39 Å². The molecule has 1 saturated carbocycles. The summed E-state index contributed by atoms with van der Waals surface area (Å²) in [6.45, 7) is 8.73. The molecule has 0 aliphatic heterocycles. The first-order valence-corrected chi connectivity index (χ1v) is 5.16. The van der Waals surface area contributed by atoms with Crippen LogP contribution in [0.15, 0.2) is 0 Å². The molecular weight excluding hydrogens is 151 g/mol. The van der Waals surface area contributed by atoms with Gasteiger partial charge in [-0.05, 0) is 36.5 Å². The molecule has 4 atom stereocenters. The van der Waals surface area contributed by atoms with Crippen LogP contribution in [0.5, 0.6) is 0 Å². The Hall–Kier alpha value is -0.0700. The summed E-state index contributed by atoms with van der Waals surface area (Å²) < 4.78 is 13.4. The van der Waals surface area contributed by atoms with Gasteiger partial charge in [0.05, 0.1) is 0 Å². The minimum atomic E-state index is -0.548. The standard InChI is InChI=1S/C11H21F/c1-7(2)10-6-11(12)9(4)5-8(10)3/h7-11H,5-6H2,1-4H3/t8?,9?,10-,11-/m0/s1. The molecule has 1 aliphatic carbocycles. The molecule has 0 bridgehead atoms. The van der Waals surface area contributed by atoms with Crippen LogP contribution in [0.2, 0.25) is 0 Å². The first-order valence-electron chi connectivity index (χ1n) is 5.16. The molecule has 0 N–H and O–H groups in total. The zero-order valence-corrected chi connectivity index (χ0v) is 8.68. The fraction of sp³-hybridized carbons (Fsp3) is 1.00. The van der Waals surface area contributed by atoms with Gasteiger partial charge in [-0.2, -0.15) is 0 Å². The van der Waals surface area contributed by atoms with Crippen LogP contribution in [0, 0.1) is 23.7 Å². The van der Waals surface area contributed by atoms with Gasteiger partial charge in [0.25, 0.3) is 0 Å². The molecule has 12 heavy (non-hydrogen) atoms. The molecule has 1 fully saturated rings. The summed E-state index contributed by atoms with van der Waals surface area (Å²) in [5.41, 5.74) is 0. The third-order valence-electron chi connectivity index (χ3n) is 3.45. The van der Waals surface area contributed by atoms with Crippen molar-refractivity contribution in [3.05, 3.63) is 0 Å². The van der Waals surface area contributed by atoms with Crippen molar-refractivity contribution >= 4 is 0 Å². The maximum absolute atomic E-state index is 13.4. The number of hydrogen-bond acceptors (Lipinski definition) is 0. The lowest BCUT2D eigenvalue weighted by molar-refractivity contribution is 0.0709. The SMILES string of the molecule is CC(C)[C@@H]1C[C@H](F)C(C)CC1C. The summed E-state index contributed by atoms with van der Waals surface area (Å²) in [7, 11) is 0. The highest BCUT2D eigenvalue weighted by Crippen LogP contribution is 2.38. The second-order valence-electron chi connectivity index (χ2n) is 4.85. The lowest BCUT2D eigenvalue weighted by Gasteiger charge is -2.37. The maximum atomic E-state index is 13.4. The second-order valence-corrected chi connectivity index (χ2v) is 4.85. The van der Waals surface area contributed by atoms with Gasteiger partial charge in [0.15, 0.2) is 0 Å². The highest BCUT2D eigenvalue weighted by molar-refractivity contribution is 4.83. The third-order valence-corrected chi connectivity index (χ3v) is 3.45. The highest BCUT2D eigenvalue weighted by Gasteiger charge is 2.33. The molecule has 0 radical (unpaired) electrons. The smallest absolute Gasteiger partial charge is 0.103 e. The van der Waals surface area contributed by atoms with Crippen LogP contribution in [0.4, 0.5) is 4.39 Å². The van der Waals surface area contributed by atoms with Crippen molar-refractivity contribution in [2.24, 2.45) is 23.7 Å². The van der Waals surface area contributed by atoms with Gasteiger partial charge in [-0.1, -0.05) is 27.7 Å². The van der Waals surface area contributed by atoms with E-state index in [0.29, 0.717) is 17.8 Å². The number of rotatable bonds is 1. The van der Waals surface area contributed by atoms with Crippen molar-refractivity contribution < 1.29 is 4.39 Å². The van der Waals surface area contributed by atoms with Crippen LogP contribution in [0.1, 0.15) is 40.5 Å². The monoisotopic (exact) mass is 172 g/mol. The van der Waals surface area contributed by atoms with Crippen LogP contribution in [0.25, 0.3) is 0 Å². The van der Waals surface area contributed by atoms with Crippen LogP contribution in [-0.2, 0) is 0 Å². The molecule has 0 amide bonds. The Bertz CT molecular complexity index is 142. The zero-order valence-electron chi connectivity index (χ0n) is 8.68. The van der Waals surface area contributed by atoms with E-state index >= 15 is 0 Å². The van der Waals surface area contributed by atoms with Crippen LogP contribution < -0.4 is 0 Å². The van der Waals surface area contributed by atoms with Gasteiger partial charge in [-0.3, -0.25) is 0 Å². The minimum Gasteiger partial charge on any atom is -0.247 e. The van der Waals surface area contributed by atoms with E-state index < -0.39 is 6.17 Å². The van der Waals surface area contributed by atoms with Crippen molar-refractivity contribution in [3.63, 3.8) is 0 Å². The normalized spacial score (nSPS) is 43.5. The maximum Gasteiger partial charge on any atom is 0.103 e. The molecular formula is C11H21F. The number of alkyl halides is 1. The van der Waals surface area contributed by atoms with Gasteiger partial charge in [-0.25, -0.2) is 4.39 Å². The van der Waals surface area contributed by atoms with E-state index in [4.69, 9.17) is 0 Å². The topological polar surface area (TPSA) is 0 Å². The van der Waals surface area contributed by atoms with Gasteiger partial charge in [0.1, 0.15) is 6.17 Å². The summed E-state index contributed by atoms with van der Waals surface area (Å²) in [5, 5.41) is 0. The molecule has 0 heterocycles. The predicted molar refractivity (Wildman–Crippen MR) is 50.8 cm³/mol. The average Bonchev–Trinajstić information content (AvgIpc) is 1.96. The molecule has 0 saturated heterocycles. The lowest BCUT2D eigenvalue weighted by Crippen LogP contribution is -2.32. The van der Waals surface area contributed by atoms with Gasteiger partial charge in [0.2, 0.25) is 0 Å². The Morgan fingerprint density at radius 1 is 1.08 bits per heavy atom. The first kappa shape index (κ1) is 10.0. The van der Waals surface area contributed by atoms with E-state index in [-0.39, 0.29) is 5.92 Å². The summed E-state index contributed by atoms with van der Waals surface area (Å²) in [5.74, 6) is 2.25. The summed E-state index contributed by atoms with van der Waals surface area (Å²) in [6.07, 6.45) is 1.32. The largest absolute Gasteiger partial charge is 0.247 e. The van der Waals surface area contributed by atoms with Crippen LogP contribution in [-0.4, -0.2) is 6.17 Å². The van der Waals surface area contributed by atoms with Crippen molar-refractivity contribution in [1.82, 2.24) is 0 Å². The molecule has 0 nitrogen and oxygen atoms in total. The van der Waals surface area contributed by atoms with Crippen molar-refractivity contribution in [1.29, 1.82) is 0 Å². The molecule has 1 aliphatic rings. The van der Waals surface area contributed by atoms with E-state index in [0.717, 1.165) is 12.8 Å². The molecule has 1 heteroatoms. The number of halogens is 1. The van der Waals surface area contributed by atoms with Crippen molar-refractivity contribution in [2.75, 3.05) is 0 Å². The molecule has 0 aromatic rings. The van der Waals surface area contributed by atoms with E-state index in [1.165, 1.54) is 0 Å². The molecule has 1 rings (SSSR count). The van der Waals surface area contributed by atoms with Crippen LogP contribution >= 0.6 is 0 Å². The lowest BCUT2D eigenvalue weighted by atomic mass is 9.70. The summed E-state index contributed by atoms with van der Waals surface area (Å²) in [4.78, 5) is 0. The summed E-state index contributed by atoms with van der Waals surface area (Å²) in [6, 6.07) is 0. The van der Waals surface area contributed by atoms with Crippen molar-refractivity contribution in [2.45, 2.75) is 46.7 Å². The Kier molecular flexibility index (Phi) is 3.14. The minimum absolute atomic E-state index is 0.287. The molecule has 0 aromatic carbocycles. The Morgan fingerprint density at radius 2 is 1.67 bits per heavy atom. The molecule has 72 valence electrons. The van der Waals surface area contributed by atoms with Gasteiger partial charge < -0.3 is 0 Å².